The summed E-state index contributed by atoms with van der Waals surface area (Å²) in [6.07, 6.45) is 1.83. The molecule has 2 aromatic rings. The molecule has 0 saturated carbocycles. The van der Waals surface area contributed by atoms with Crippen molar-refractivity contribution in [2.45, 2.75) is 46.5 Å². The zero-order chi connectivity index (χ0) is 26.6. The average Bonchev–Trinajstić information content (AvgIpc) is 2.73. The standard InChI is InChI=1S/C23H27BrN4O7/c1-22(2,3)13-23(4,5)15-6-7-19(18(9-15)28(33)34)35-12-20(29)26-25-11-14-8-16(27(31)32)10-17(24)21(14)30/h6-11,30H,12-13H2,1-5H3,(H,26,29)/b25-11+. The van der Waals surface area contributed by atoms with E-state index in [1.54, 1.807) is 6.07 Å². The third-order valence-electron chi connectivity index (χ3n) is 4.95. The number of carbonyl (C=O) groups excluding carboxylic acids is 1. The lowest BCUT2D eigenvalue weighted by atomic mass is 9.72. The number of nitrogens with one attached hydrogen (secondary N) is 1. The maximum atomic E-state index is 12.1. The molecule has 2 aromatic carbocycles. The van der Waals surface area contributed by atoms with Gasteiger partial charge in [-0.2, -0.15) is 5.10 Å². The molecule has 0 heterocycles. The van der Waals surface area contributed by atoms with Gasteiger partial charge >= 0.3 is 5.69 Å². The molecule has 35 heavy (non-hydrogen) atoms. The molecule has 0 bridgehead atoms. The smallest absolute Gasteiger partial charge is 0.311 e. The predicted molar refractivity (Wildman–Crippen MR) is 134 cm³/mol. The van der Waals surface area contributed by atoms with Crippen molar-refractivity contribution in [1.29, 1.82) is 0 Å². The van der Waals surface area contributed by atoms with Crippen LogP contribution in [0.3, 0.4) is 0 Å². The molecule has 0 atom stereocenters. The van der Waals surface area contributed by atoms with Crippen molar-refractivity contribution in [3.8, 4) is 11.5 Å². The van der Waals surface area contributed by atoms with Crippen LogP contribution in [-0.4, -0.2) is 33.7 Å². The van der Waals surface area contributed by atoms with E-state index >= 15 is 0 Å². The van der Waals surface area contributed by atoms with E-state index in [4.69, 9.17) is 4.74 Å². The first-order chi connectivity index (χ1) is 16.1. The van der Waals surface area contributed by atoms with Crippen LogP contribution in [-0.2, 0) is 10.2 Å². The monoisotopic (exact) mass is 550 g/mol. The Hall–Kier alpha value is -3.54. The molecule has 12 heteroatoms. The van der Waals surface area contributed by atoms with Crippen molar-refractivity contribution in [1.82, 2.24) is 5.43 Å². The summed E-state index contributed by atoms with van der Waals surface area (Å²) in [7, 11) is 0. The number of hydrazone groups is 1. The number of hydrogen-bond acceptors (Lipinski definition) is 8. The van der Waals surface area contributed by atoms with Gasteiger partial charge in [0, 0.05) is 23.8 Å². The maximum Gasteiger partial charge on any atom is 0.311 e. The average molecular weight is 551 g/mol. The van der Waals surface area contributed by atoms with Crippen LogP contribution in [0.1, 0.15) is 52.2 Å². The van der Waals surface area contributed by atoms with Gasteiger partial charge in [-0.15, -0.1) is 0 Å². The molecule has 0 aliphatic carbocycles. The van der Waals surface area contributed by atoms with Crippen LogP contribution in [0.15, 0.2) is 39.9 Å². The van der Waals surface area contributed by atoms with Crippen LogP contribution >= 0.6 is 15.9 Å². The number of halogens is 1. The van der Waals surface area contributed by atoms with Crippen molar-refractivity contribution in [2.24, 2.45) is 10.5 Å². The van der Waals surface area contributed by atoms with E-state index in [-0.39, 0.29) is 43.7 Å². The number of amides is 1. The van der Waals surface area contributed by atoms with Gasteiger partial charge in [0.15, 0.2) is 12.4 Å². The second-order valence-corrected chi connectivity index (χ2v) is 10.6. The molecule has 0 radical (unpaired) electrons. The molecule has 0 unspecified atom stereocenters. The Labute approximate surface area is 210 Å². The van der Waals surface area contributed by atoms with Gasteiger partial charge in [0.2, 0.25) is 0 Å². The van der Waals surface area contributed by atoms with Crippen molar-refractivity contribution in [2.75, 3.05) is 6.61 Å². The molecule has 0 aliphatic heterocycles. The fourth-order valence-corrected chi connectivity index (χ4v) is 4.25. The van der Waals surface area contributed by atoms with E-state index < -0.39 is 22.4 Å². The van der Waals surface area contributed by atoms with Gasteiger partial charge in [-0.1, -0.05) is 40.7 Å². The first-order valence-corrected chi connectivity index (χ1v) is 11.3. The highest BCUT2D eigenvalue weighted by Gasteiger charge is 2.30. The van der Waals surface area contributed by atoms with Gasteiger partial charge < -0.3 is 9.84 Å². The summed E-state index contributed by atoms with van der Waals surface area (Å²) in [4.78, 5) is 33.5. The van der Waals surface area contributed by atoms with E-state index in [1.165, 1.54) is 12.1 Å². The number of phenols is 1. The van der Waals surface area contributed by atoms with E-state index in [1.807, 2.05) is 13.8 Å². The summed E-state index contributed by atoms with van der Waals surface area (Å²) in [6.45, 7) is 9.76. The summed E-state index contributed by atoms with van der Waals surface area (Å²) >= 11 is 3.01. The quantitative estimate of drug-likeness (QED) is 0.246. The number of nitro benzene ring substituents is 2. The van der Waals surface area contributed by atoms with E-state index in [0.717, 1.165) is 30.3 Å². The molecule has 0 fully saturated rings. The van der Waals surface area contributed by atoms with Crippen LogP contribution < -0.4 is 10.2 Å². The van der Waals surface area contributed by atoms with Gasteiger partial charge in [0.25, 0.3) is 11.6 Å². The summed E-state index contributed by atoms with van der Waals surface area (Å²) in [5.41, 5.74) is 2.08. The Morgan fingerprint density at radius 1 is 1.14 bits per heavy atom. The molecule has 2 N–H and O–H groups in total. The molecule has 0 aliphatic rings. The number of carbonyl (C=O) groups is 1. The molecule has 0 saturated heterocycles. The maximum absolute atomic E-state index is 12.1. The minimum Gasteiger partial charge on any atom is -0.506 e. The number of nitro groups is 2. The molecular weight excluding hydrogens is 524 g/mol. The zero-order valence-corrected chi connectivity index (χ0v) is 21.6. The minimum atomic E-state index is -0.725. The highest BCUT2D eigenvalue weighted by Crippen LogP contribution is 2.39. The van der Waals surface area contributed by atoms with E-state index in [0.29, 0.717) is 0 Å². The number of non-ortho nitro benzene ring substituents is 1. The van der Waals surface area contributed by atoms with Crippen molar-refractivity contribution in [3.05, 3.63) is 66.2 Å². The summed E-state index contributed by atoms with van der Waals surface area (Å²) in [5.74, 6) is -1.09. The number of benzene rings is 2. The van der Waals surface area contributed by atoms with Gasteiger partial charge in [0.1, 0.15) is 5.75 Å². The fourth-order valence-electron chi connectivity index (χ4n) is 3.79. The second-order valence-electron chi connectivity index (χ2n) is 9.77. The van der Waals surface area contributed by atoms with Gasteiger partial charge in [-0.3, -0.25) is 25.0 Å². The Morgan fingerprint density at radius 2 is 1.80 bits per heavy atom. The predicted octanol–water partition coefficient (Wildman–Crippen LogP) is 5.21. The lowest BCUT2D eigenvalue weighted by molar-refractivity contribution is -0.385. The molecular formula is C23H27BrN4O7. The van der Waals surface area contributed by atoms with Crippen LogP contribution in [0.4, 0.5) is 11.4 Å². The third kappa shape index (κ3) is 7.74. The Bertz CT molecular complexity index is 1170. The number of rotatable bonds is 9. The molecule has 11 nitrogen and oxygen atoms in total. The van der Waals surface area contributed by atoms with Crippen LogP contribution in [0.25, 0.3) is 0 Å². The van der Waals surface area contributed by atoms with Crippen LogP contribution in [0.2, 0.25) is 0 Å². The summed E-state index contributed by atoms with van der Waals surface area (Å²) < 4.78 is 5.44. The number of aromatic hydroxyl groups is 1. The lowest BCUT2D eigenvalue weighted by Crippen LogP contribution is -2.26. The highest BCUT2D eigenvalue weighted by atomic mass is 79.9. The number of ether oxygens (including phenoxy) is 1. The number of hydrogen-bond donors (Lipinski definition) is 2. The normalized spacial score (nSPS) is 11.9. The third-order valence-corrected chi connectivity index (χ3v) is 5.55. The lowest BCUT2D eigenvalue weighted by Gasteiger charge is -2.33. The second kappa shape index (κ2) is 10.8. The molecule has 2 rings (SSSR count). The Kier molecular flexibility index (Phi) is 8.55. The molecule has 188 valence electrons. The highest BCUT2D eigenvalue weighted by molar-refractivity contribution is 9.10. The van der Waals surface area contributed by atoms with Gasteiger partial charge in [-0.05, 0) is 44.8 Å². The topological polar surface area (TPSA) is 157 Å². The summed E-state index contributed by atoms with van der Waals surface area (Å²) in [6, 6.07) is 6.88. The SMILES string of the molecule is CC(C)(C)CC(C)(C)c1ccc(OCC(=O)N/N=C/c2cc([N+](=O)[O-])cc(Br)c2O)c([N+](=O)[O-])c1. The van der Waals surface area contributed by atoms with Crippen LogP contribution in [0.5, 0.6) is 11.5 Å². The van der Waals surface area contributed by atoms with Crippen molar-refractivity contribution >= 4 is 39.4 Å². The minimum absolute atomic E-state index is 0.00334. The van der Waals surface area contributed by atoms with Crippen molar-refractivity contribution < 1.29 is 24.5 Å². The van der Waals surface area contributed by atoms with Crippen LogP contribution in [0, 0.1) is 25.6 Å². The first-order valence-electron chi connectivity index (χ1n) is 10.5. The van der Waals surface area contributed by atoms with Gasteiger partial charge in [0.05, 0.1) is 20.5 Å². The molecule has 0 spiro atoms. The van der Waals surface area contributed by atoms with Gasteiger partial charge in [-0.25, -0.2) is 5.43 Å². The molecule has 0 aromatic heterocycles. The number of phenolic OH excluding ortho intramolecular Hbond substituents is 1. The van der Waals surface area contributed by atoms with Crippen molar-refractivity contribution in [3.63, 3.8) is 0 Å². The molecule has 1 amide bonds. The fraction of sp³-hybridized carbons (Fsp3) is 0.391. The first kappa shape index (κ1) is 27.7. The van der Waals surface area contributed by atoms with E-state index in [2.05, 4.69) is 47.2 Å². The van der Waals surface area contributed by atoms with E-state index in [9.17, 15) is 30.1 Å². The zero-order valence-electron chi connectivity index (χ0n) is 20.0. The largest absolute Gasteiger partial charge is 0.506 e. The summed E-state index contributed by atoms with van der Waals surface area (Å²) in [5, 5.41) is 36.2. The number of nitrogens with zero attached hydrogens (tertiary/aromatic N) is 3. The Balaban J connectivity index is 2.10. The Morgan fingerprint density at radius 3 is 2.37 bits per heavy atom.